The Morgan fingerprint density at radius 3 is 2.88 bits per heavy atom. The summed E-state index contributed by atoms with van der Waals surface area (Å²) >= 11 is 0. The van der Waals surface area contributed by atoms with Gasteiger partial charge in [-0.05, 0) is 58.5 Å². The minimum absolute atomic E-state index is 0.303. The lowest BCUT2D eigenvalue weighted by Crippen LogP contribution is -2.41. The average molecular weight is 463 g/mol. The largest absolute Gasteiger partial charge is 0.476 e. The lowest BCUT2D eigenvalue weighted by Gasteiger charge is -2.37. The Balaban J connectivity index is 1.38. The first-order valence-electron chi connectivity index (χ1n) is 12.4. The molecule has 0 aromatic carbocycles. The van der Waals surface area contributed by atoms with Gasteiger partial charge in [0.1, 0.15) is 30.2 Å². The zero-order valence-electron chi connectivity index (χ0n) is 19.6. The van der Waals surface area contributed by atoms with E-state index in [0.717, 1.165) is 62.7 Å². The maximum absolute atomic E-state index is 13.0. The number of ketones is 1. The average Bonchev–Trinajstić information content (AvgIpc) is 3.61. The van der Waals surface area contributed by atoms with Crippen molar-refractivity contribution < 1.29 is 14.1 Å². The molecule has 1 saturated carbocycles. The summed E-state index contributed by atoms with van der Waals surface area (Å²) in [6, 6.07) is 2.21. The first-order valence-corrected chi connectivity index (χ1v) is 12.4. The minimum atomic E-state index is -0.498. The number of carbonyl (C=O) groups is 1. The zero-order valence-corrected chi connectivity index (χ0v) is 19.6. The highest BCUT2D eigenvalue weighted by molar-refractivity contribution is 5.91. The predicted octanol–water partition coefficient (Wildman–Crippen LogP) is 3.51. The maximum Gasteiger partial charge on any atom is 0.219 e. The van der Waals surface area contributed by atoms with E-state index >= 15 is 0 Å². The molecule has 0 radical (unpaired) electrons. The Labute approximate surface area is 198 Å². The number of imidazole rings is 1. The molecule has 1 saturated heterocycles. The van der Waals surface area contributed by atoms with Crippen LogP contribution in [0.25, 0.3) is 17.4 Å². The van der Waals surface area contributed by atoms with E-state index in [1.54, 1.807) is 12.5 Å². The van der Waals surface area contributed by atoms with E-state index in [9.17, 15) is 4.79 Å². The van der Waals surface area contributed by atoms with Crippen LogP contribution in [0.1, 0.15) is 62.6 Å². The third-order valence-corrected chi connectivity index (χ3v) is 7.82. The Bertz CT molecular complexity index is 1190. The highest BCUT2D eigenvalue weighted by atomic mass is 16.5. The molecule has 1 aliphatic heterocycles. The summed E-state index contributed by atoms with van der Waals surface area (Å²) < 4.78 is 13.9. The molecule has 3 aromatic rings. The van der Waals surface area contributed by atoms with Gasteiger partial charge in [-0.3, -0.25) is 9.36 Å². The fraction of sp³-hybridized carbons (Fsp3) is 0.560. The van der Waals surface area contributed by atoms with Crippen molar-refractivity contribution in [3.05, 3.63) is 36.0 Å². The van der Waals surface area contributed by atoms with Gasteiger partial charge in [0.15, 0.2) is 0 Å². The highest BCUT2D eigenvalue weighted by Crippen LogP contribution is 2.47. The summed E-state index contributed by atoms with van der Waals surface area (Å²) in [4.78, 5) is 29.0. The van der Waals surface area contributed by atoms with Crippen LogP contribution in [0.4, 0.5) is 0 Å². The van der Waals surface area contributed by atoms with Crippen LogP contribution in [0, 0.1) is 0 Å². The summed E-state index contributed by atoms with van der Waals surface area (Å²) in [5, 5.41) is 4.46. The fourth-order valence-electron chi connectivity index (χ4n) is 5.87. The minimum Gasteiger partial charge on any atom is -0.476 e. The number of ether oxygens (including phenoxy) is 1. The Hall–Kier alpha value is -3.07. The molecule has 34 heavy (non-hydrogen) atoms. The number of Topliss-reactive ketones (excluding diaryl/α,β-unsaturated/α-hetero) is 1. The smallest absolute Gasteiger partial charge is 0.219 e. The first-order chi connectivity index (χ1) is 16.6. The molecular formula is C25H30N6O3. The van der Waals surface area contributed by atoms with E-state index in [4.69, 9.17) is 19.2 Å². The monoisotopic (exact) mass is 462 g/mol. The third-order valence-electron chi connectivity index (χ3n) is 7.82. The molecule has 1 spiro atoms. The number of likely N-dealkylation sites (N-methyl/N-ethyl adjacent to an activating group) is 1. The van der Waals surface area contributed by atoms with Crippen LogP contribution in [-0.4, -0.2) is 61.6 Å². The van der Waals surface area contributed by atoms with Gasteiger partial charge in [0.2, 0.25) is 17.5 Å². The molecule has 2 fully saturated rings. The van der Waals surface area contributed by atoms with Crippen LogP contribution >= 0.6 is 0 Å². The van der Waals surface area contributed by atoms with Crippen LogP contribution in [0.2, 0.25) is 0 Å². The van der Waals surface area contributed by atoms with Gasteiger partial charge < -0.3 is 14.2 Å². The molecular weight excluding hydrogens is 432 g/mol. The zero-order chi connectivity index (χ0) is 23.1. The van der Waals surface area contributed by atoms with Gasteiger partial charge >= 0.3 is 0 Å². The van der Waals surface area contributed by atoms with Crippen LogP contribution in [0.5, 0.6) is 5.88 Å². The van der Waals surface area contributed by atoms with Crippen LogP contribution in [0.3, 0.4) is 0 Å². The molecule has 2 atom stereocenters. The fourth-order valence-corrected chi connectivity index (χ4v) is 5.87. The van der Waals surface area contributed by atoms with E-state index < -0.39 is 5.41 Å². The van der Waals surface area contributed by atoms with Crippen molar-refractivity contribution in [1.82, 2.24) is 29.6 Å². The van der Waals surface area contributed by atoms with E-state index in [1.807, 2.05) is 16.8 Å². The van der Waals surface area contributed by atoms with Gasteiger partial charge in [-0.2, -0.15) is 4.98 Å². The quantitative estimate of drug-likeness (QED) is 0.568. The second kappa shape index (κ2) is 8.61. The van der Waals surface area contributed by atoms with Gasteiger partial charge in [-0.25, -0.2) is 9.97 Å². The lowest BCUT2D eigenvalue weighted by molar-refractivity contribution is -0.127. The van der Waals surface area contributed by atoms with Crippen molar-refractivity contribution in [2.45, 2.75) is 69.2 Å². The standard InChI is InChI=1S/C25H30N6O3/c1-30-12-5-6-17(30)15-33-21-14-20(31-13-11-26-16-31)27-24(28-21)22-18-7-4-10-25(23(18)29-34-22)9-3-2-8-19(25)32/h11,13-14,16-17H,2-10,12,15H2,1H3/t17-,25+/m0/s1. The number of carbonyl (C=O) groups excluding carboxylic acids is 1. The number of hydrogen-bond acceptors (Lipinski definition) is 8. The topological polar surface area (TPSA) is 99.2 Å². The van der Waals surface area contributed by atoms with Crippen LogP contribution in [-0.2, 0) is 16.6 Å². The molecule has 3 aromatic heterocycles. The molecule has 2 aliphatic carbocycles. The summed E-state index contributed by atoms with van der Waals surface area (Å²) in [5.74, 6) is 2.45. The number of rotatable bonds is 5. The molecule has 9 heteroatoms. The van der Waals surface area contributed by atoms with E-state index in [0.29, 0.717) is 48.1 Å². The van der Waals surface area contributed by atoms with Gasteiger partial charge in [0.25, 0.3) is 0 Å². The van der Waals surface area contributed by atoms with Crippen molar-refractivity contribution in [2.24, 2.45) is 0 Å². The third kappa shape index (κ3) is 3.62. The summed E-state index contributed by atoms with van der Waals surface area (Å²) in [7, 11) is 2.13. The first kappa shape index (κ1) is 21.5. The Morgan fingerprint density at radius 2 is 2.09 bits per heavy atom. The number of fused-ring (bicyclic) bond motifs is 2. The van der Waals surface area contributed by atoms with Crippen molar-refractivity contribution in [1.29, 1.82) is 0 Å². The van der Waals surface area contributed by atoms with Gasteiger partial charge in [0.05, 0.1) is 5.41 Å². The summed E-state index contributed by atoms with van der Waals surface area (Å²) in [6.45, 7) is 1.66. The SMILES string of the molecule is CN1CCC[C@H]1COc1cc(-n2ccnc2)nc(-c2onc3c2CCC[C@@]32CCCCC2=O)n1. The molecule has 0 N–H and O–H groups in total. The van der Waals surface area contributed by atoms with E-state index in [-0.39, 0.29) is 0 Å². The van der Waals surface area contributed by atoms with Crippen molar-refractivity contribution in [3.8, 4) is 23.3 Å². The second-order valence-corrected chi connectivity index (χ2v) is 9.85. The number of nitrogens with zero attached hydrogens (tertiary/aromatic N) is 6. The molecule has 4 heterocycles. The van der Waals surface area contributed by atoms with Gasteiger partial charge in [-0.15, -0.1) is 0 Å². The molecule has 0 amide bonds. The molecule has 0 bridgehead atoms. The van der Waals surface area contributed by atoms with Crippen LogP contribution in [0.15, 0.2) is 29.3 Å². The van der Waals surface area contributed by atoms with Gasteiger partial charge in [0, 0.05) is 36.5 Å². The highest BCUT2D eigenvalue weighted by Gasteiger charge is 2.47. The lowest BCUT2D eigenvalue weighted by atomic mass is 9.64. The second-order valence-electron chi connectivity index (χ2n) is 9.85. The van der Waals surface area contributed by atoms with E-state index in [2.05, 4.69) is 22.1 Å². The maximum atomic E-state index is 13.0. The summed E-state index contributed by atoms with van der Waals surface area (Å²) in [6.07, 6.45) is 13.6. The molecule has 6 rings (SSSR count). The van der Waals surface area contributed by atoms with Crippen molar-refractivity contribution in [3.63, 3.8) is 0 Å². The normalized spacial score (nSPS) is 25.1. The molecule has 0 unspecified atom stereocenters. The Morgan fingerprint density at radius 1 is 1.18 bits per heavy atom. The Kier molecular flexibility index (Phi) is 5.44. The van der Waals surface area contributed by atoms with Crippen molar-refractivity contribution in [2.75, 3.05) is 20.2 Å². The number of likely N-dealkylation sites (tertiary alicyclic amines) is 1. The number of hydrogen-bond donors (Lipinski definition) is 0. The van der Waals surface area contributed by atoms with Gasteiger partial charge in [-0.1, -0.05) is 11.6 Å². The molecule has 9 nitrogen and oxygen atoms in total. The molecule has 178 valence electrons. The molecule has 3 aliphatic rings. The summed E-state index contributed by atoms with van der Waals surface area (Å²) in [5.41, 5.74) is 1.29. The number of aromatic nitrogens is 5. The van der Waals surface area contributed by atoms with E-state index in [1.165, 1.54) is 6.42 Å². The van der Waals surface area contributed by atoms with Crippen LogP contribution < -0.4 is 4.74 Å². The van der Waals surface area contributed by atoms with Crippen molar-refractivity contribution >= 4 is 5.78 Å². The predicted molar refractivity (Wildman–Crippen MR) is 124 cm³/mol.